The van der Waals surface area contributed by atoms with E-state index in [1.165, 1.54) is 37.7 Å². The van der Waals surface area contributed by atoms with Crippen molar-refractivity contribution in [3.8, 4) is 5.75 Å². The Morgan fingerprint density at radius 2 is 1.47 bits per heavy atom. The molecule has 4 aliphatic carbocycles. The van der Waals surface area contributed by atoms with Crippen LogP contribution in [0.25, 0.3) is 0 Å². The first-order valence-electron chi connectivity index (χ1n) is 11.5. The van der Waals surface area contributed by atoms with Crippen molar-refractivity contribution in [1.29, 1.82) is 0 Å². The Balaban J connectivity index is 0.00000240. The lowest BCUT2D eigenvalue weighted by atomic mass is 9.49. The van der Waals surface area contributed by atoms with Crippen LogP contribution < -0.4 is 0 Å². The number of benzene rings is 1. The molecule has 1 aromatic carbocycles. The number of phenols is 1. The Hall–Kier alpha value is -1.51. The monoisotopic (exact) mass is 448 g/mol. The highest BCUT2D eigenvalue weighted by molar-refractivity contribution is 5.72. The van der Waals surface area contributed by atoms with Gasteiger partial charge in [-0.3, -0.25) is 4.79 Å². The second-order valence-corrected chi connectivity index (χ2v) is 9.87. The van der Waals surface area contributed by atoms with Crippen molar-refractivity contribution in [1.82, 2.24) is 0 Å². The number of phenolic OH excluding ortho intramolecular Hbond substituents is 1. The van der Waals surface area contributed by atoms with E-state index in [9.17, 15) is 9.90 Å². The normalized spacial score (nSPS) is 31.1. The van der Waals surface area contributed by atoms with Gasteiger partial charge in [0.15, 0.2) is 0 Å². The lowest BCUT2D eigenvalue weighted by Crippen LogP contribution is -2.59. The molecule has 0 heterocycles. The zero-order chi connectivity index (χ0) is 19.9. The Morgan fingerprint density at radius 3 is 1.91 bits per heavy atom. The van der Waals surface area contributed by atoms with E-state index in [1.807, 2.05) is 19.1 Å². The van der Waals surface area contributed by atoms with Crippen LogP contribution in [0.4, 0.5) is 0 Å². The average molecular weight is 449 g/mol. The first-order chi connectivity index (χ1) is 13.4. The maximum atomic E-state index is 13.2. The van der Waals surface area contributed by atoms with Crippen molar-refractivity contribution in [2.24, 2.45) is 29.6 Å². The van der Waals surface area contributed by atoms with Crippen molar-refractivity contribution < 1.29 is 14.6 Å². The minimum absolute atomic E-state index is 0. The molecule has 0 aliphatic heterocycles. The fourth-order valence-electron chi connectivity index (χ4n) is 6.89. The predicted molar refractivity (Wildman–Crippen MR) is 138 cm³/mol. The molecule has 2 atom stereocenters. The van der Waals surface area contributed by atoms with E-state index in [0.717, 1.165) is 31.1 Å². The zero-order valence-electron chi connectivity index (χ0n) is 17.7. The summed E-state index contributed by atoms with van der Waals surface area (Å²) in [5.74, 6) is 3.46. The quantitative estimate of drug-likeness (QED) is 0.425. The minimum Gasteiger partial charge on any atom is -0.508 e. The van der Waals surface area contributed by atoms with Crippen LogP contribution in [0, 0.1) is 29.6 Å². The first-order valence-corrected chi connectivity index (χ1v) is 11.5. The van der Waals surface area contributed by atoms with Gasteiger partial charge in [-0.25, -0.2) is 0 Å². The number of aromatic hydroxyl groups is 1. The second kappa shape index (κ2) is 12.1. The van der Waals surface area contributed by atoms with E-state index in [-0.39, 0.29) is 52.9 Å². The molecule has 0 aromatic heterocycles. The smallest absolute Gasteiger partial charge is 0.309 e. The molecule has 2 unspecified atom stereocenters. The number of ether oxygens (including phenoxy) is 1. The van der Waals surface area contributed by atoms with Gasteiger partial charge in [-0.15, -0.1) is 0 Å². The van der Waals surface area contributed by atoms with Crippen LogP contribution in [-0.2, 0) is 9.53 Å². The molecule has 4 saturated carbocycles. The van der Waals surface area contributed by atoms with Crippen LogP contribution in [0.5, 0.6) is 5.75 Å². The molecule has 1 N–H and O–H groups in total. The van der Waals surface area contributed by atoms with Crippen LogP contribution in [-0.4, -0.2) is 16.7 Å². The average Bonchev–Trinajstić information content (AvgIpc) is 2.69. The topological polar surface area (TPSA) is 46.5 Å². The van der Waals surface area contributed by atoms with E-state index >= 15 is 0 Å². The van der Waals surface area contributed by atoms with Crippen molar-refractivity contribution in [2.75, 3.05) is 0 Å². The Bertz CT molecular complexity index is 665. The van der Waals surface area contributed by atoms with Crippen molar-refractivity contribution >= 4 is 5.97 Å². The molecule has 3 heteroatoms. The number of carbonyl (C=O) groups is 1. The minimum atomic E-state index is -0.195. The Morgan fingerprint density at radius 1 is 0.969 bits per heavy atom. The maximum absolute atomic E-state index is 13.2. The number of hydrogen-bond donors (Lipinski definition) is 1. The summed E-state index contributed by atoms with van der Waals surface area (Å²) in [5.41, 5.74) is 0.999. The summed E-state index contributed by atoms with van der Waals surface area (Å²) in [7, 11) is 0. The van der Waals surface area contributed by atoms with Gasteiger partial charge in [-0.05, 0) is 98.7 Å². The highest BCUT2D eigenvalue weighted by atomic mass is 16.6. The number of carbonyl (C=O) groups excluding carboxylic acids is 1. The molecule has 1 aromatic rings. The van der Waals surface area contributed by atoms with E-state index in [4.69, 9.17) is 4.74 Å². The van der Waals surface area contributed by atoms with E-state index in [0.29, 0.717) is 17.8 Å². The van der Waals surface area contributed by atoms with Crippen molar-refractivity contribution in [3.63, 3.8) is 0 Å². The van der Waals surface area contributed by atoms with E-state index < -0.39 is 0 Å². The largest absolute Gasteiger partial charge is 0.508 e. The summed E-state index contributed by atoms with van der Waals surface area (Å²) in [5, 5.41) is 9.55. The molecule has 0 saturated heterocycles. The molecule has 4 aliphatic rings. The van der Waals surface area contributed by atoms with Gasteiger partial charge in [0.25, 0.3) is 0 Å². The lowest BCUT2D eigenvalue weighted by molar-refractivity contribution is -0.214. The summed E-state index contributed by atoms with van der Waals surface area (Å²) in [6.45, 7) is 6.43. The van der Waals surface area contributed by atoms with Gasteiger partial charge in [0.1, 0.15) is 11.4 Å². The van der Waals surface area contributed by atoms with Crippen molar-refractivity contribution in [2.45, 2.75) is 113 Å². The van der Waals surface area contributed by atoms with Crippen LogP contribution in [0.1, 0.15) is 113 Å². The zero-order valence-corrected chi connectivity index (χ0v) is 17.7. The molecule has 186 valence electrons. The fourth-order valence-corrected chi connectivity index (χ4v) is 6.89. The van der Waals surface area contributed by atoms with Gasteiger partial charge in [-0.1, -0.05) is 62.6 Å². The summed E-state index contributed by atoms with van der Waals surface area (Å²) >= 11 is 0. The summed E-state index contributed by atoms with van der Waals surface area (Å²) in [6, 6.07) is 7.43. The Labute approximate surface area is 199 Å². The van der Waals surface area contributed by atoms with Gasteiger partial charge in [-0.2, -0.15) is 0 Å². The van der Waals surface area contributed by atoms with Gasteiger partial charge in [0, 0.05) is 0 Å². The molecule has 4 bridgehead atoms. The Kier molecular flexibility index (Phi) is 11.5. The standard InChI is InChI=1S/C25H36O3.4CH4/c1-4-19(20-6-8-23(26)9-7-20)10-16(3)24(27)28-25(5-2)21-12-17-11-18(14-21)15-22(25)13-17;;;;/h6-9,16-19,21-22,26H,4-5,10-15H2,1-3H3;4*1H4. The van der Waals surface area contributed by atoms with Gasteiger partial charge in [0.2, 0.25) is 0 Å². The van der Waals surface area contributed by atoms with E-state index in [2.05, 4.69) is 13.8 Å². The molecule has 32 heavy (non-hydrogen) atoms. The molecule has 0 radical (unpaired) electrons. The second-order valence-electron chi connectivity index (χ2n) is 9.87. The van der Waals surface area contributed by atoms with Gasteiger partial charge >= 0.3 is 5.97 Å². The van der Waals surface area contributed by atoms with Crippen LogP contribution in [0.2, 0.25) is 0 Å². The highest BCUT2D eigenvalue weighted by Gasteiger charge is 2.58. The third-order valence-corrected chi connectivity index (χ3v) is 8.26. The first kappa shape index (κ1) is 30.5. The predicted octanol–water partition coefficient (Wildman–Crippen LogP) is 8.60. The maximum Gasteiger partial charge on any atom is 0.309 e. The molecule has 0 amide bonds. The molecular weight excluding hydrogens is 396 g/mol. The lowest BCUT2D eigenvalue weighted by Gasteiger charge is -2.60. The summed E-state index contributed by atoms with van der Waals surface area (Å²) < 4.78 is 6.45. The molecule has 5 rings (SSSR count). The van der Waals surface area contributed by atoms with Crippen molar-refractivity contribution in [3.05, 3.63) is 29.8 Å². The van der Waals surface area contributed by atoms with Crippen LogP contribution >= 0.6 is 0 Å². The van der Waals surface area contributed by atoms with Crippen LogP contribution in [0.15, 0.2) is 24.3 Å². The third-order valence-electron chi connectivity index (χ3n) is 8.26. The van der Waals surface area contributed by atoms with Crippen LogP contribution in [0.3, 0.4) is 0 Å². The molecule has 3 nitrogen and oxygen atoms in total. The van der Waals surface area contributed by atoms with Gasteiger partial charge < -0.3 is 9.84 Å². The summed E-state index contributed by atoms with van der Waals surface area (Å²) in [4.78, 5) is 13.2. The SMILES string of the molecule is C.C.C.C.CCC(CC(C)C(=O)OC1(CC)C2CC3CC(C2)CC1C3)c1ccc(O)cc1. The molecule has 0 spiro atoms. The third kappa shape index (κ3) is 5.51. The molecular formula is C29H52O3. The van der Waals surface area contributed by atoms with Gasteiger partial charge in [0.05, 0.1) is 5.92 Å². The fraction of sp³-hybridized carbons (Fsp3) is 0.759. The number of hydrogen-bond acceptors (Lipinski definition) is 3. The summed E-state index contributed by atoms with van der Waals surface area (Å²) in [6.07, 6.45) is 9.26. The number of esters is 1. The molecule has 4 fully saturated rings. The van der Waals surface area contributed by atoms with E-state index in [1.54, 1.807) is 12.1 Å². The number of rotatable bonds is 7. The highest BCUT2D eigenvalue weighted by Crippen LogP contribution is 2.60.